The van der Waals surface area contributed by atoms with Crippen LogP contribution < -0.4 is 20.5 Å². The van der Waals surface area contributed by atoms with Crippen molar-refractivity contribution in [1.82, 2.24) is 14.7 Å². The molecule has 5 aromatic rings. The minimum atomic E-state index is -3.74. The summed E-state index contributed by atoms with van der Waals surface area (Å²) in [5.74, 6) is -0.854. The maximum atomic E-state index is 13.2. The number of aromatic nitrogens is 2. The number of amides is 1. The zero-order valence-electron chi connectivity index (χ0n) is 21.6. The van der Waals surface area contributed by atoms with Gasteiger partial charge in [0.25, 0.3) is 5.91 Å². The highest BCUT2D eigenvalue weighted by Gasteiger charge is 2.21. The molecule has 13 heteroatoms. The lowest BCUT2D eigenvalue weighted by molar-refractivity contribution is 0.102. The first-order valence-corrected chi connectivity index (χ1v) is 13.4. The van der Waals surface area contributed by atoms with Crippen LogP contribution in [0.3, 0.4) is 0 Å². The number of rotatable bonds is 7. The van der Waals surface area contributed by atoms with Crippen LogP contribution in [-0.4, -0.2) is 43.6 Å². The molecule has 0 unspecified atom stereocenters. The number of carbonyl (C=O) groups excluding carboxylic acids is 1. The number of ether oxygens (including phenoxy) is 1. The molecule has 1 amide bonds. The summed E-state index contributed by atoms with van der Waals surface area (Å²) in [5, 5.41) is 23.6. The van der Waals surface area contributed by atoms with E-state index in [4.69, 9.17) is 4.74 Å². The zero-order valence-corrected chi connectivity index (χ0v) is 22.4. The average Bonchev–Trinajstić information content (AvgIpc) is 3.31. The molecule has 0 atom stereocenters. The molecule has 1 aromatic heterocycles. The Bertz CT molecular complexity index is 1990. The Labute approximate surface area is 227 Å². The van der Waals surface area contributed by atoms with Gasteiger partial charge in [-0.1, -0.05) is 24.3 Å². The van der Waals surface area contributed by atoms with Crippen LogP contribution >= 0.6 is 0 Å². The van der Waals surface area contributed by atoms with Crippen LogP contribution in [0, 0.1) is 6.92 Å². The highest BCUT2D eigenvalue weighted by Crippen LogP contribution is 2.41. The Balaban J connectivity index is 1.56. The van der Waals surface area contributed by atoms with Crippen molar-refractivity contribution >= 4 is 54.8 Å². The van der Waals surface area contributed by atoms with Crippen molar-refractivity contribution in [3.05, 3.63) is 82.3 Å². The molecule has 0 bridgehead atoms. The first-order valence-electron chi connectivity index (χ1n) is 11.9. The van der Waals surface area contributed by atoms with Gasteiger partial charge in [0.1, 0.15) is 17.1 Å². The van der Waals surface area contributed by atoms with Crippen molar-refractivity contribution in [1.29, 1.82) is 0 Å². The standard InChI is InChI=1S/C27H24N6O6S/c1-14-10-21(22(39-3)13-23(14)40(37,38)28-2)32-33-24-17-7-5-4-6-15(17)11-18(25(24)34)26(35)29-16-8-9-19-20(12-16)31-27(36)30-19/h4-13,28,34H,1-3H3,(H,29,35)(H2,30,31,36). The maximum Gasteiger partial charge on any atom is 0.323 e. The number of phenolic OH excluding ortho intramolecular Hbond substituents is 1. The summed E-state index contributed by atoms with van der Waals surface area (Å²) >= 11 is 0. The monoisotopic (exact) mass is 560 g/mol. The minimum Gasteiger partial charge on any atom is -0.505 e. The molecule has 0 spiro atoms. The first-order chi connectivity index (χ1) is 19.1. The molecule has 12 nitrogen and oxygen atoms in total. The number of aromatic amines is 2. The molecule has 0 aliphatic rings. The lowest BCUT2D eigenvalue weighted by atomic mass is 10.0. The van der Waals surface area contributed by atoms with Crippen LogP contribution in [0.25, 0.3) is 21.8 Å². The third kappa shape index (κ3) is 4.90. The quantitative estimate of drug-likeness (QED) is 0.181. The number of imidazole rings is 1. The number of H-pyrrole nitrogens is 2. The number of sulfonamides is 1. The number of hydrogen-bond acceptors (Lipinski definition) is 8. The fraction of sp³-hybridized carbons (Fsp3) is 0.111. The average molecular weight is 561 g/mol. The smallest absolute Gasteiger partial charge is 0.323 e. The number of nitrogens with zero attached hydrogens (tertiary/aromatic N) is 2. The third-order valence-corrected chi connectivity index (χ3v) is 7.86. The van der Waals surface area contributed by atoms with Gasteiger partial charge >= 0.3 is 5.69 Å². The number of aromatic hydroxyl groups is 1. The normalized spacial score (nSPS) is 11.9. The number of aryl methyl sites for hydroxylation is 1. The lowest BCUT2D eigenvalue weighted by Gasteiger charge is -2.12. The summed E-state index contributed by atoms with van der Waals surface area (Å²) in [6, 6.07) is 16.3. The Hall–Kier alpha value is -5.01. The van der Waals surface area contributed by atoms with E-state index in [9.17, 15) is 23.1 Å². The molecular formula is C27H24N6O6S. The van der Waals surface area contributed by atoms with E-state index in [0.29, 0.717) is 33.1 Å². The van der Waals surface area contributed by atoms with Gasteiger partial charge in [-0.25, -0.2) is 17.9 Å². The van der Waals surface area contributed by atoms with E-state index in [1.165, 1.54) is 32.4 Å². The predicted molar refractivity (Wildman–Crippen MR) is 151 cm³/mol. The number of nitrogens with one attached hydrogen (secondary N) is 4. The molecular weight excluding hydrogens is 536 g/mol. The predicted octanol–water partition coefficient (Wildman–Crippen LogP) is 4.61. The number of azo groups is 1. The number of phenols is 1. The summed E-state index contributed by atoms with van der Waals surface area (Å²) in [7, 11) is -1.06. The van der Waals surface area contributed by atoms with Gasteiger partial charge in [-0.3, -0.25) is 4.79 Å². The van der Waals surface area contributed by atoms with Gasteiger partial charge in [0, 0.05) is 17.1 Å². The number of fused-ring (bicyclic) bond motifs is 2. The SMILES string of the molecule is CNS(=O)(=O)c1cc(OC)c(N=Nc2c(O)c(C(=O)Nc3ccc4[nH]c(=O)[nH]c4c3)cc3ccccc23)cc1C. The van der Waals surface area contributed by atoms with Crippen LogP contribution in [0.2, 0.25) is 0 Å². The Morgan fingerprint density at radius 3 is 2.50 bits per heavy atom. The lowest BCUT2D eigenvalue weighted by Crippen LogP contribution is -2.19. The Morgan fingerprint density at radius 1 is 1.00 bits per heavy atom. The second-order valence-electron chi connectivity index (χ2n) is 8.83. The number of methoxy groups -OCH3 is 1. The van der Waals surface area contributed by atoms with Crippen LogP contribution in [0.15, 0.2) is 80.6 Å². The molecule has 40 heavy (non-hydrogen) atoms. The van der Waals surface area contributed by atoms with Crippen molar-refractivity contribution in [3.8, 4) is 11.5 Å². The van der Waals surface area contributed by atoms with Crippen molar-refractivity contribution < 1.29 is 23.1 Å². The summed E-state index contributed by atoms with van der Waals surface area (Å²) in [6.07, 6.45) is 0. The molecule has 0 fully saturated rings. The van der Waals surface area contributed by atoms with E-state index in [0.717, 1.165) is 0 Å². The van der Waals surface area contributed by atoms with Gasteiger partial charge in [0.2, 0.25) is 10.0 Å². The summed E-state index contributed by atoms with van der Waals surface area (Å²) < 4.78 is 32.3. The van der Waals surface area contributed by atoms with Gasteiger partial charge in [-0.15, -0.1) is 10.2 Å². The molecule has 0 radical (unpaired) electrons. The zero-order chi connectivity index (χ0) is 28.6. The molecule has 0 saturated heterocycles. The molecule has 4 aromatic carbocycles. The topological polar surface area (TPSA) is 178 Å². The number of carbonyl (C=O) groups is 1. The number of anilines is 1. The van der Waals surface area contributed by atoms with Crippen molar-refractivity contribution in [2.24, 2.45) is 10.2 Å². The number of hydrogen-bond donors (Lipinski definition) is 5. The maximum absolute atomic E-state index is 13.2. The van der Waals surface area contributed by atoms with Gasteiger partial charge in [0.15, 0.2) is 5.75 Å². The van der Waals surface area contributed by atoms with Gasteiger partial charge in [-0.05, 0) is 55.3 Å². The van der Waals surface area contributed by atoms with Crippen LogP contribution in [0.1, 0.15) is 15.9 Å². The van der Waals surface area contributed by atoms with E-state index < -0.39 is 21.7 Å². The van der Waals surface area contributed by atoms with Crippen LogP contribution in [0.4, 0.5) is 17.1 Å². The molecule has 5 rings (SSSR count). The second-order valence-corrected chi connectivity index (χ2v) is 10.7. The highest BCUT2D eigenvalue weighted by molar-refractivity contribution is 7.89. The first kappa shape index (κ1) is 26.6. The second kappa shape index (κ2) is 10.3. The molecule has 0 saturated carbocycles. The van der Waals surface area contributed by atoms with E-state index in [1.807, 2.05) is 0 Å². The highest BCUT2D eigenvalue weighted by atomic mass is 32.2. The van der Waals surface area contributed by atoms with Gasteiger partial charge in [-0.2, -0.15) is 0 Å². The molecule has 0 aliphatic carbocycles. The van der Waals surface area contributed by atoms with Gasteiger partial charge in [0.05, 0.1) is 28.6 Å². The van der Waals surface area contributed by atoms with Crippen molar-refractivity contribution in [2.45, 2.75) is 11.8 Å². The van der Waals surface area contributed by atoms with E-state index in [-0.39, 0.29) is 33.3 Å². The minimum absolute atomic E-state index is 0.0275. The largest absolute Gasteiger partial charge is 0.505 e. The van der Waals surface area contributed by atoms with Crippen molar-refractivity contribution in [3.63, 3.8) is 0 Å². The molecule has 5 N–H and O–H groups in total. The van der Waals surface area contributed by atoms with Crippen molar-refractivity contribution in [2.75, 3.05) is 19.5 Å². The van der Waals surface area contributed by atoms with Crippen LogP contribution in [-0.2, 0) is 10.0 Å². The number of benzene rings is 4. The third-order valence-electron chi connectivity index (χ3n) is 6.31. The summed E-state index contributed by atoms with van der Waals surface area (Å²) in [6.45, 7) is 1.61. The Kier molecular flexibility index (Phi) is 6.83. The summed E-state index contributed by atoms with van der Waals surface area (Å²) in [5.41, 5.74) is 1.76. The Morgan fingerprint density at radius 2 is 1.75 bits per heavy atom. The van der Waals surface area contributed by atoms with Crippen LogP contribution in [0.5, 0.6) is 11.5 Å². The van der Waals surface area contributed by atoms with E-state index in [2.05, 4.69) is 30.2 Å². The summed E-state index contributed by atoms with van der Waals surface area (Å²) in [4.78, 5) is 30.1. The van der Waals surface area contributed by atoms with Gasteiger partial charge < -0.3 is 25.1 Å². The molecule has 204 valence electrons. The van der Waals surface area contributed by atoms with E-state index >= 15 is 0 Å². The van der Waals surface area contributed by atoms with E-state index in [1.54, 1.807) is 49.4 Å². The fourth-order valence-electron chi connectivity index (χ4n) is 4.30. The molecule has 0 aliphatic heterocycles. The molecule has 1 heterocycles. The fourth-order valence-corrected chi connectivity index (χ4v) is 5.26.